The van der Waals surface area contributed by atoms with Crippen LogP contribution in [0.15, 0.2) is 53.4 Å². The summed E-state index contributed by atoms with van der Waals surface area (Å²) in [6, 6.07) is 15.4. The monoisotopic (exact) mass is 345 g/mol. The molecule has 128 valence electrons. The molecule has 0 spiro atoms. The van der Waals surface area contributed by atoms with E-state index in [1.165, 1.54) is 11.8 Å². The van der Waals surface area contributed by atoms with Crippen LogP contribution in [0, 0.1) is 0 Å². The zero-order chi connectivity index (χ0) is 17.5. The molecule has 0 bridgehead atoms. The molecule has 0 radical (unpaired) electrons. The number of ether oxygens (including phenoxy) is 2. The lowest BCUT2D eigenvalue weighted by molar-refractivity contribution is -0.120. The SMILES string of the molecule is COc1ccc(S[C@@H](C)C(=O)N[C@@H](C)c2ccc(OC)cc2)cc1. The minimum Gasteiger partial charge on any atom is -0.497 e. The van der Waals surface area contributed by atoms with E-state index in [1.807, 2.05) is 62.4 Å². The molecule has 0 aliphatic carbocycles. The number of carbonyl (C=O) groups is 1. The maximum Gasteiger partial charge on any atom is 0.233 e. The molecular formula is C19H23NO3S. The fourth-order valence-electron chi connectivity index (χ4n) is 2.22. The molecule has 2 atom stereocenters. The van der Waals surface area contributed by atoms with E-state index in [0.717, 1.165) is 22.0 Å². The molecule has 24 heavy (non-hydrogen) atoms. The Hall–Kier alpha value is -2.14. The summed E-state index contributed by atoms with van der Waals surface area (Å²) in [6.45, 7) is 3.88. The van der Waals surface area contributed by atoms with Crippen LogP contribution in [0.2, 0.25) is 0 Å². The normalized spacial score (nSPS) is 13.0. The maximum atomic E-state index is 12.4. The van der Waals surface area contributed by atoms with Crippen molar-refractivity contribution in [2.24, 2.45) is 0 Å². The third kappa shape index (κ3) is 4.93. The largest absolute Gasteiger partial charge is 0.497 e. The predicted octanol–water partition coefficient (Wildman–Crippen LogP) is 4.06. The van der Waals surface area contributed by atoms with E-state index in [9.17, 15) is 4.79 Å². The summed E-state index contributed by atoms with van der Waals surface area (Å²) in [5.74, 6) is 1.63. The molecule has 2 rings (SSSR count). The molecule has 0 aliphatic heterocycles. The predicted molar refractivity (Wildman–Crippen MR) is 97.9 cm³/mol. The van der Waals surface area contributed by atoms with Crippen LogP contribution in [0.3, 0.4) is 0 Å². The summed E-state index contributed by atoms with van der Waals surface area (Å²) < 4.78 is 10.3. The number of carbonyl (C=O) groups excluding carboxylic acids is 1. The van der Waals surface area contributed by atoms with E-state index < -0.39 is 0 Å². The number of amides is 1. The van der Waals surface area contributed by atoms with Gasteiger partial charge in [0.15, 0.2) is 0 Å². The highest BCUT2D eigenvalue weighted by Gasteiger charge is 2.17. The van der Waals surface area contributed by atoms with Crippen molar-refractivity contribution >= 4 is 17.7 Å². The molecule has 0 saturated heterocycles. The first-order valence-corrected chi connectivity index (χ1v) is 8.66. The van der Waals surface area contributed by atoms with Gasteiger partial charge < -0.3 is 14.8 Å². The Morgan fingerprint density at radius 2 is 1.42 bits per heavy atom. The third-order valence-electron chi connectivity index (χ3n) is 3.72. The number of hydrogen-bond donors (Lipinski definition) is 1. The third-order valence-corrected chi connectivity index (χ3v) is 4.83. The van der Waals surface area contributed by atoms with Crippen LogP contribution in [-0.2, 0) is 4.79 Å². The lowest BCUT2D eigenvalue weighted by Crippen LogP contribution is -2.33. The van der Waals surface area contributed by atoms with E-state index >= 15 is 0 Å². The van der Waals surface area contributed by atoms with Gasteiger partial charge in [-0.3, -0.25) is 4.79 Å². The summed E-state index contributed by atoms with van der Waals surface area (Å²) in [5.41, 5.74) is 1.05. The molecule has 1 N–H and O–H groups in total. The summed E-state index contributed by atoms with van der Waals surface area (Å²) in [4.78, 5) is 13.4. The maximum absolute atomic E-state index is 12.4. The molecule has 5 heteroatoms. The first-order chi connectivity index (χ1) is 11.5. The quantitative estimate of drug-likeness (QED) is 0.769. The van der Waals surface area contributed by atoms with Crippen LogP contribution in [0.25, 0.3) is 0 Å². The lowest BCUT2D eigenvalue weighted by atomic mass is 10.1. The average molecular weight is 345 g/mol. The minimum atomic E-state index is -0.181. The van der Waals surface area contributed by atoms with Gasteiger partial charge in [-0.25, -0.2) is 0 Å². The van der Waals surface area contributed by atoms with Crippen molar-refractivity contribution in [3.05, 3.63) is 54.1 Å². The first-order valence-electron chi connectivity index (χ1n) is 7.78. The minimum absolute atomic E-state index is 0.0131. The summed E-state index contributed by atoms with van der Waals surface area (Å²) in [5, 5.41) is 2.87. The van der Waals surface area contributed by atoms with Crippen molar-refractivity contribution in [1.82, 2.24) is 5.32 Å². The zero-order valence-corrected chi connectivity index (χ0v) is 15.2. The second-order valence-corrected chi connectivity index (χ2v) is 6.85. The molecule has 1 amide bonds. The van der Waals surface area contributed by atoms with Gasteiger partial charge in [-0.15, -0.1) is 11.8 Å². The number of nitrogens with one attached hydrogen (secondary N) is 1. The highest BCUT2D eigenvalue weighted by molar-refractivity contribution is 8.00. The fourth-order valence-corrected chi connectivity index (χ4v) is 3.10. The Bertz CT molecular complexity index is 655. The van der Waals surface area contributed by atoms with Gasteiger partial charge in [0.05, 0.1) is 25.5 Å². The fraction of sp³-hybridized carbons (Fsp3) is 0.316. The summed E-state index contributed by atoms with van der Waals surface area (Å²) in [7, 11) is 3.27. The van der Waals surface area contributed by atoms with E-state index in [0.29, 0.717) is 0 Å². The van der Waals surface area contributed by atoms with Crippen molar-refractivity contribution in [2.45, 2.75) is 30.0 Å². The van der Waals surface area contributed by atoms with Crippen molar-refractivity contribution in [3.8, 4) is 11.5 Å². The molecule has 0 fully saturated rings. The molecule has 2 aromatic carbocycles. The highest BCUT2D eigenvalue weighted by Crippen LogP contribution is 2.26. The van der Waals surface area contributed by atoms with E-state index in [-0.39, 0.29) is 17.2 Å². The second kappa shape index (κ2) is 8.64. The van der Waals surface area contributed by atoms with Crippen LogP contribution < -0.4 is 14.8 Å². The van der Waals surface area contributed by atoms with Gasteiger partial charge in [0.2, 0.25) is 5.91 Å². The molecule has 0 saturated carbocycles. The second-order valence-electron chi connectivity index (χ2n) is 5.44. The van der Waals surface area contributed by atoms with Crippen molar-refractivity contribution in [3.63, 3.8) is 0 Å². The molecule has 2 aromatic rings. The number of thioether (sulfide) groups is 1. The standard InChI is InChI=1S/C19H23NO3S/c1-13(15-5-7-16(22-3)8-6-15)20-19(21)14(2)24-18-11-9-17(23-4)10-12-18/h5-14H,1-4H3,(H,20,21)/t13-,14-/m0/s1. The molecule has 0 aliphatic rings. The summed E-state index contributed by atoms with van der Waals surface area (Å²) >= 11 is 1.53. The highest BCUT2D eigenvalue weighted by atomic mass is 32.2. The Balaban J connectivity index is 1.91. The van der Waals surface area contributed by atoms with E-state index in [2.05, 4.69) is 5.32 Å². The molecule has 0 heterocycles. The number of methoxy groups -OCH3 is 2. The summed E-state index contributed by atoms with van der Waals surface area (Å²) in [6.07, 6.45) is 0. The molecule has 0 aromatic heterocycles. The molecular weight excluding hydrogens is 322 g/mol. The Morgan fingerprint density at radius 3 is 1.92 bits per heavy atom. The lowest BCUT2D eigenvalue weighted by Gasteiger charge is -2.18. The van der Waals surface area contributed by atoms with Gasteiger partial charge >= 0.3 is 0 Å². The average Bonchev–Trinajstić information content (AvgIpc) is 2.62. The molecule has 4 nitrogen and oxygen atoms in total. The van der Waals surface area contributed by atoms with Crippen molar-refractivity contribution in [1.29, 1.82) is 0 Å². The van der Waals surface area contributed by atoms with Gasteiger partial charge in [-0.1, -0.05) is 12.1 Å². The topological polar surface area (TPSA) is 47.6 Å². The van der Waals surface area contributed by atoms with Crippen molar-refractivity contribution in [2.75, 3.05) is 14.2 Å². The van der Waals surface area contributed by atoms with Gasteiger partial charge in [0, 0.05) is 4.90 Å². The van der Waals surface area contributed by atoms with Gasteiger partial charge in [-0.05, 0) is 55.8 Å². The van der Waals surface area contributed by atoms with E-state index in [4.69, 9.17) is 9.47 Å². The first kappa shape index (κ1) is 18.2. The number of hydrogen-bond acceptors (Lipinski definition) is 4. The van der Waals surface area contributed by atoms with Crippen LogP contribution in [-0.4, -0.2) is 25.4 Å². The van der Waals surface area contributed by atoms with Crippen LogP contribution in [0.5, 0.6) is 11.5 Å². The smallest absolute Gasteiger partial charge is 0.233 e. The van der Waals surface area contributed by atoms with Crippen LogP contribution in [0.4, 0.5) is 0 Å². The van der Waals surface area contributed by atoms with Crippen molar-refractivity contribution < 1.29 is 14.3 Å². The Labute approximate surface area is 147 Å². The van der Waals surface area contributed by atoms with Gasteiger partial charge in [-0.2, -0.15) is 0 Å². The van der Waals surface area contributed by atoms with Gasteiger partial charge in [0.1, 0.15) is 11.5 Å². The Kier molecular flexibility index (Phi) is 6.55. The van der Waals surface area contributed by atoms with Crippen LogP contribution >= 0.6 is 11.8 Å². The molecule has 0 unspecified atom stereocenters. The number of benzene rings is 2. The number of rotatable bonds is 7. The van der Waals surface area contributed by atoms with Crippen LogP contribution in [0.1, 0.15) is 25.5 Å². The van der Waals surface area contributed by atoms with Gasteiger partial charge in [0.25, 0.3) is 0 Å². The zero-order valence-electron chi connectivity index (χ0n) is 14.4. The Morgan fingerprint density at radius 1 is 0.917 bits per heavy atom. The van der Waals surface area contributed by atoms with E-state index in [1.54, 1.807) is 14.2 Å².